The maximum Gasteiger partial charge on any atom is 0.323 e. The van der Waals surface area contributed by atoms with E-state index in [2.05, 4.69) is 5.32 Å². The van der Waals surface area contributed by atoms with Crippen molar-refractivity contribution in [2.75, 3.05) is 32.7 Å². The quantitative estimate of drug-likeness (QED) is 0.763. The summed E-state index contributed by atoms with van der Waals surface area (Å²) in [5.41, 5.74) is 0. The molecule has 0 aromatic heterocycles. The van der Waals surface area contributed by atoms with Crippen molar-refractivity contribution < 1.29 is 14.7 Å². The number of hydrogen-bond donors (Lipinski definition) is 2. The van der Waals surface area contributed by atoms with Crippen molar-refractivity contribution in [2.24, 2.45) is 0 Å². The molecule has 0 atom stereocenters. The zero-order valence-corrected chi connectivity index (χ0v) is 10.6. The van der Waals surface area contributed by atoms with E-state index in [4.69, 9.17) is 5.11 Å². The molecule has 1 saturated heterocycles. The predicted molar refractivity (Wildman–Crippen MR) is 66.4 cm³/mol. The summed E-state index contributed by atoms with van der Waals surface area (Å²) in [6.07, 6.45) is 4.06. The van der Waals surface area contributed by atoms with Crippen molar-refractivity contribution in [2.45, 2.75) is 31.7 Å². The number of amides is 2. The molecule has 0 radical (unpaired) electrons. The molecular formula is C12H21N3O3. The molecule has 1 heterocycles. The van der Waals surface area contributed by atoms with Crippen molar-refractivity contribution in [1.29, 1.82) is 0 Å². The minimum Gasteiger partial charge on any atom is -0.480 e. The molecule has 2 fully saturated rings. The highest BCUT2D eigenvalue weighted by atomic mass is 16.4. The maximum absolute atomic E-state index is 12.4. The summed E-state index contributed by atoms with van der Waals surface area (Å²) in [4.78, 5) is 26.6. The van der Waals surface area contributed by atoms with Crippen molar-refractivity contribution >= 4 is 12.0 Å². The summed E-state index contributed by atoms with van der Waals surface area (Å²) in [5.74, 6) is -0.926. The topological polar surface area (TPSA) is 72.9 Å². The van der Waals surface area contributed by atoms with E-state index in [1.165, 1.54) is 0 Å². The average Bonchev–Trinajstić information content (AvgIpc) is 2.89. The Morgan fingerprint density at radius 1 is 1.22 bits per heavy atom. The second kappa shape index (κ2) is 6.04. The van der Waals surface area contributed by atoms with E-state index in [9.17, 15) is 9.59 Å². The van der Waals surface area contributed by atoms with E-state index in [0.29, 0.717) is 13.1 Å². The number of carbonyl (C=O) groups is 2. The van der Waals surface area contributed by atoms with Crippen LogP contribution in [0.4, 0.5) is 4.79 Å². The molecule has 1 aliphatic carbocycles. The van der Waals surface area contributed by atoms with Crippen LogP contribution in [0.2, 0.25) is 0 Å². The molecule has 6 nitrogen and oxygen atoms in total. The summed E-state index contributed by atoms with van der Waals surface area (Å²) in [7, 11) is 0. The molecule has 0 aromatic rings. The van der Waals surface area contributed by atoms with Gasteiger partial charge in [-0.25, -0.2) is 4.79 Å². The molecule has 2 N–H and O–H groups in total. The fourth-order valence-corrected chi connectivity index (χ4v) is 2.75. The third-order valence-electron chi connectivity index (χ3n) is 3.70. The molecule has 0 bridgehead atoms. The van der Waals surface area contributed by atoms with Crippen LogP contribution >= 0.6 is 0 Å². The van der Waals surface area contributed by atoms with Crippen molar-refractivity contribution in [1.82, 2.24) is 15.1 Å². The Kier molecular flexibility index (Phi) is 4.41. The van der Waals surface area contributed by atoms with Gasteiger partial charge in [0.2, 0.25) is 0 Å². The molecule has 2 rings (SSSR count). The molecule has 18 heavy (non-hydrogen) atoms. The molecule has 2 amide bonds. The number of piperazine rings is 1. The first-order valence-electron chi connectivity index (χ1n) is 6.66. The molecular weight excluding hydrogens is 234 g/mol. The van der Waals surface area contributed by atoms with Gasteiger partial charge in [-0.1, -0.05) is 12.8 Å². The molecule has 2 aliphatic rings. The number of carbonyl (C=O) groups excluding carboxylic acids is 1. The molecule has 0 unspecified atom stereocenters. The highest BCUT2D eigenvalue weighted by Crippen LogP contribution is 2.24. The number of carboxylic acid groups (broad SMARTS) is 1. The number of nitrogens with one attached hydrogen (secondary N) is 1. The molecule has 1 saturated carbocycles. The molecule has 0 aromatic carbocycles. The first-order chi connectivity index (χ1) is 8.68. The van der Waals surface area contributed by atoms with Crippen LogP contribution in [-0.2, 0) is 4.79 Å². The summed E-state index contributed by atoms with van der Waals surface area (Å²) >= 11 is 0. The van der Waals surface area contributed by atoms with Crippen LogP contribution in [0, 0.1) is 0 Å². The van der Waals surface area contributed by atoms with Gasteiger partial charge in [0.15, 0.2) is 0 Å². The van der Waals surface area contributed by atoms with Gasteiger partial charge in [-0.05, 0) is 12.8 Å². The SMILES string of the molecule is O=C(O)CN(C(=O)N1CCNCC1)C1CCCC1. The highest BCUT2D eigenvalue weighted by Gasteiger charge is 2.31. The number of nitrogens with zero attached hydrogens (tertiary/aromatic N) is 2. The van der Waals surface area contributed by atoms with E-state index < -0.39 is 5.97 Å². The van der Waals surface area contributed by atoms with Crippen LogP contribution in [0.3, 0.4) is 0 Å². The number of rotatable bonds is 3. The van der Waals surface area contributed by atoms with Gasteiger partial charge in [0.1, 0.15) is 6.54 Å². The van der Waals surface area contributed by atoms with Crippen molar-refractivity contribution in [3.8, 4) is 0 Å². The Morgan fingerprint density at radius 3 is 2.39 bits per heavy atom. The lowest BCUT2D eigenvalue weighted by molar-refractivity contribution is -0.138. The minimum absolute atomic E-state index is 0.106. The normalized spacial score (nSPS) is 21.0. The van der Waals surface area contributed by atoms with Crippen LogP contribution in [-0.4, -0.2) is 65.7 Å². The third kappa shape index (κ3) is 3.13. The van der Waals surface area contributed by atoms with E-state index in [-0.39, 0.29) is 18.6 Å². The smallest absolute Gasteiger partial charge is 0.323 e. The maximum atomic E-state index is 12.4. The summed E-state index contributed by atoms with van der Waals surface area (Å²) in [6, 6.07) is 0.00860. The zero-order valence-electron chi connectivity index (χ0n) is 10.6. The Hall–Kier alpha value is -1.30. The fraction of sp³-hybridized carbons (Fsp3) is 0.833. The predicted octanol–water partition coefficient (Wildman–Crippen LogP) is 0.341. The van der Waals surface area contributed by atoms with E-state index in [0.717, 1.165) is 38.8 Å². The number of hydrogen-bond acceptors (Lipinski definition) is 3. The lowest BCUT2D eigenvalue weighted by atomic mass is 10.2. The fourth-order valence-electron chi connectivity index (χ4n) is 2.75. The lowest BCUT2D eigenvalue weighted by Crippen LogP contribution is -2.54. The van der Waals surface area contributed by atoms with Gasteiger partial charge in [-0.15, -0.1) is 0 Å². The van der Waals surface area contributed by atoms with Crippen molar-refractivity contribution in [3.05, 3.63) is 0 Å². The lowest BCUT2D eigenvalue weighted by Gasteiger charge is -2.35. The summed E-state index contributed by atoms with van der Waals surface area (Å²) in [6.45, 7) is 2.74. The van der Waals surface area contributed by atoms with E-state index in [1.54, 1.807) is 9.80 Å². The Labute approximate surface area is 107 Å². The van der Waals surface area contributed by atoms with Crippen LogP contribution in [0.1, 0.15) is 25.7 Å². The minimum atomic E-state index is -0.926. The first-order valence-corrected chi connectivity index (χ1v) is 6.66. The van der Waals surface area contributed by atoms with Crippen LogP contribution in [0.5, 0.6) is 0 Å². The summed E-state index contributed by atoms with van der Waals surface area (Å²) < 4.78 is 0. The van der Waals surface area contributed by atoms with Gasteiger partial charge >= 0.3 is 12.0 Å². The second-order valence-corrected chi connectivity index (χ2v) is 4.98. The Balaban J connectivity index is 2.01. The molecule has 1 aliphatic heterocycles. The summed E-state index contributed by atoms with van der Waals surface area (Å²) in [5, 5.41) is 12.2. The molecule has 102 valence electrons. The third-order valence-corrected chi connectivity index (χ3v) is 3.70. The van der Waals surface area contributed by atoms with Crippen LogP contribution in [0.15, 0.2) is 0 Å². The number of urea groups is 1. The van der Waals surface area contributed by atoms with Crippen LogP contribution in [0.25, 0.3) is 0 Å². The van der Waals surface area contributed by atoms with Gasteiger partial charge in [0.05, 0.1) is 0 Å². The van der Waals surface area contributed by atoms with Gasteiger partial charge < -0.3 is 20.2 Å². The average molecular weight is 255 g/mol. The zero-order chi connectivity index (χ0) is 13.0. The Bertz CT molecular complexity index is 310. The Morgan fingerprint density at radius 2 is 1.83 bits per heavy atom. The molecule has 0 spiro atoms. The highest BCUT2D eigenvalue weighted by molar-refractivity contribution is 5.80. The number of aliphatic carboxylic acids is 1. The van der Waals surface area contributed by atoms with Gasteiger partial charge in [0, 0.05) is 32.2 Å². The van der Waals surface area contributed by atoms with Gasteiger partial charge in [-0.2, -0.15) is 0 Å². The van der Waals surface area contributed by atoms with Gasteiger partial charge in [-0.3, -0.25) is 4.79 Å². The van der Waals surface area contributed by atoms with Crippen LogP contribution < -0.4 is 5.32 Å². The van der Waals surface area contributed by atoms with Crippen molar-refractivity contribution in [3.63, 3.8) is 0 Å². The standard InChI is InChI=1S/C12H21N3O3/c16-11(17)9-15(10-3-1-2-4-10)12(18)14-7-5-13-6-8-14/h10,13H,1-9H2,(H,16,17). The van der Waals surface area contributed by atoms with Gasteiger partial charge in [0.25, 0.3) is 0 Å². The van der Waals surface area contributed by atoms with E-state index >= 15 is 0 Å². The number of carboxylic acids is 1. The first kappa shape index (κ1) is 13.1. The molecule has 6 heteroatoms. The largest absolute Gasteiger partial charge is 0.480 e. The van der Waals surface area contributed by atoms with E-state index in [1.807, 2.05) is 0 Å². The monoisotopic (exact) mass is 255 g/mol. The second-order valence-electron chi connectivity index (χ2n) is 4.98.